The van der Waals surface area contributed by atoms with Crippen molar-refractivity contribution in [1.82, 2.24) is 0 Å². The maximum atomic E-state index is 11.6. The van der Waals surface area contributed by atoms with Crippen LogP contribution in [0.4, 0.5) is 10.5 Å². The average Bonchev–Trinajstić information content (AvgIpc) is 2.39. The van der Waals surface area contributed by atoms with Crippen LogP contribution in [-0.4, -0.2) is 12.7 Å². The molecule has 0 aliphatic carbocycles. The van der Waals surface area contributed by atoms with Gasteiger partial charge in [-0.25, -0.2) is 4.79 Å². The van der Waals surface area contributed by atoms with Crippen LogP contribution in [-0.2, 0) is 24.0 Å². The van der Waals surface area contributed by atoms with Crippen LogP contribution in [0.3, 0.4) is 0 Å². The Morgan fingerprint density at radius 2 is 1.61 bits per heavy atom. The van der Waals surface area contributed by atoms with Gasteiger partial charge in [0.1, 0.15) is 0 Å². The minimum atomic E-state index is -0.369. The van der Waals surface area contributed by atoms with Crippen LogP contribution >= 0.6 is 0 Å². The van der Waals surface area contributed by atoms with Gasteiger partial charge in [0.05, 0.1) is 12.3 Å². The van der Waals surface area contributed by atoms with Gasteiger partial charge < -0.3 is 4.74 Å². The smallest absolute Gasteiger partial charge is 0.411 e. The molecule has 1 aromatic rings. The first-order chi connectivity index (χ1) is 8.65. The number of rotatable bonds is 5. The molecule has 0 radical (unpaired) electrons. The molecule has 0 bridgehead atoms. The van der Waals surface area contributed by atoms with E-state index in [0.29, 0.717) is 6.61 Å². The van der Waals surface area contributed by atoms with E-state index in [1.807, 2.05) is 0 Å². The third kappa shape index (κ3) is 3.49. The van der Waals surface area contributed by atoms with Gasteiger partial charge in [-0.05, 0) is 42.9 Å². The number of ether oxygens (including phenoxy) is 1. The Hall–Kier alpha value is -1.51. The molecule has 0 saturated carbocycles. The molecule has 0 fully saturated rings. The first-order valence-electron chi connectivity index (χ1n) is 6.74. The van der Waals surface area contributed by atoms with Gasteiger partial charge in [0.2, 0.25) is 0 Å². The van der Waals surface area contributed by atoms with Crippen molar-refractivity contribution < 1.29 is 9.53 Å². The fraction of sp³-hybridized carbons (Fsp3) is 0.533. The molecule has 18 heavy (non-hydrogen) atoms. The third-order valence-corrected chi connectivity index (χ3v) is 3.03. The van der Waals surface area contributed by atoms with Crippen LogP contribution in [0.25, 0.3) is 0 Å². The molecule has 0 heterocycles. The van der Waals surface area contributed by atoms with Crippen molar-refractivity contribution in [2.75, 3.05) is 11.9 Å². The fourth-order valence-electron chi connectivity index (χ4n) is 2.03. The zero-order valence-corrected chi connectivity index (χ0v) is 11.8. The summed E-state index contributed by atoms with van der Waals surface area (Å²) in [6.45, 7) is 8.55. The minimum Gasteiger partial charge on any atom is -0.450 e. The normalized spacial score (nSPS) is 10.2. The molecule has 0 spiro atoms. The van der Waals surface area contributed by atoms with Crippen molar-refractivity contribution in [3.8, 4) is 0 Å². The first-order valence-corrected chi connectivity index (χ1v) is 6.74. The van der Waals surface area contributed by atoms with E-state index in [9.17, 15) is 4.79 Å². The summed E-state index contributed by atoms with van der Waals surface area (Å²) in [4.78, 5) is 11.6. The number of amides is 1. The molecule has 0 aromatic heterocycles. The lowest BCUT2D eigenvalue weighted by Gasteiger charge is -2.16. The maximum Gasteiger partial charge on any atom is 0.411 e. The summed E-state index contributed by atoms with van der Waals surface area (Å²) in [5, 5.41) is 2.87. The Kier molecular flexibility index (Phi) is 5.69. The van der Waals surface area contributed by atoms with Gasteiger partial charge in [0, 0.05) is 0 Å². The lowest BCUT2D eigenvalue weighted by Crippen LogP contribution is -2.16. The topological polar surface area (TPSA) is 38.3 Å². The summed E-state index contributed by atoms with van der Waals surface area (Å²) in [5.74, 6) is 0. The molecule has 0 aliphatic heterocycles. The SMILES string of the molecule is CCOC(=O)Nc1c(CC)cc(CC)cc1CC. The predicted molar refractivity (Wildman–Crippen MR) is 75.2 cm³/mol. The summed E-state index contributed by atoms with van der Waals surface area (Å²) < 4.78 is 4.95. The monoisotopic (exact) mass is 249 g/mol. The highest BCUT2D eigenvalue weighted by Crippen LogP contribution is 2.25. The average molecular weight is 249 g/mol. The molecular formula is C15H23NO2. The lowest BCUT2D eigenvalue weighted by atomic mass is 9.98. The second-order valence-corrected chi connectivity index (χ2v) is 4.20. The van der Waals surface area contributed by atoms with Crippen LogP contribution in [0.1, 0.15) is 44.4 Å². The predicted octanol–water partition coefficient (Wildman–Crippen LogP) is 3.94. The van der Waals surface area contributed by atoms with E-state index < -0.39 is 0 Å². The van der Waals surface area contributed by atoms with Gasteiger partial charge in [-0.3, -0.25) is 5.32 Å². The van der Waals surface area contributed by atoms with E-state index in [2.05, 4.69) is 38.2 Å². The van der Waals surface area contributed by atoms with Crippen LogP contribution < -0.4 is 5.32 Å². The molecule has 0 saturated heterocycles. The summed E-state index contributed by atoms with van der Waals surface area (Å²) in [5.41, 5.74) is 4.60. The number of carbonyl (C=O) groups excluding carboxylic acids is 1. The number of carbonyl (C=O) groups is 1. The number of anilines is 1. The minimum absolute atomic E-state index is 0.369. The molecule has 3 nitrogen and oxygen atoms in total. The largest absolute Gasteiger partial charge is 0.450 e. The number of hydrogen-bond donors (Lipinski definition) is 1. The molecule has 0 aliphatic rings. The molecule has 3 heteroatoms. The molecule has 1 N–H and O–H groups in total. The molecule has 100 valence electrons. The van der Waals surface area contributed by atoms with Crippen molar-refractivity contribution in [3.63, 3.8) is 0 Å². The van der Waals surface area contributed by atoms with Crippen LogP contribution in [0.15, 0.2) is 12.1 Å². The van der Waals surface area contributed by atoms with E-state index in [4.69, 9.17) is 4.74 Å². The molecule has 1 rings (SSSR count). The highest BCUT2D eigenvalue weighted by Gasteiger charge is 2.11. The Bertz CT molecular complexity index is 388. The molecule has 0 atom stereocenters. The number of hydrogen-bond acceptors (Lipinski definition) is 2. The highest BCUT2D eigenvalue weighted by molar-refractivity contribution is 5.87. The van der Waals surface area contributed by atoms with E-state index in [-0.39, 0.29) is 6.09 Å². The molecule has 0 unspecified atom stereocenters. The van der Waals surface area contributed by atoms with Crippen molar-refractivity contribution in [3.05, 3.63) is 28.8 Å². The van der Waals surface area contributed by atoms with Gasteiger partial charge in [0.25, 0.3) is 0 Å². The van der Waals surface area contributed by atoms with E-state index in [1.165, 1.54) is 16.7 Å². The fourth-order valence-corrected chi connectivity index (χ4v) is 2.03. The number of aryl methyl sites for hydroxylation is 3. The van der Waals surface area contributed by atoms with Gasteiger partial charge >= 0.3 is 6.09 Å². The number of nitrogens with one attached hydrogen (secondary N) is 1. The van der Waals surface area contributed by atoms with E-state index >= 15 is 0 Å². The summed E-state index contributed by atoms with van der Waals surface area (Å²) in [7, 11) is 0. The summed E-state index contributed by atoms with van der Waals surface area (Å²) in [6, 6.07) is 4.33. The Morgan fingerprint density at radius 1 is 1.06 bits per heavy atom. The quantitative estimate of drug-likeness (QED) is 0.858. The van der Waals surface area contributed by atoms with Crippen molar-refractivity contribution in [2.24, 2.45) is 0 Å². The zero-order chi connectivity index (χ0) is 13.5. The van der Waals surface area contributed by atoms with Crippen LogP contribution in [0.5, 0.6) is 0 Å². The second-order valence-electron chi connectivity index (χ2n) is 4.20. The van der Waals surface area contributed by atoms with Crippen LogP contribution in [0.2, 0.25) is 0 Å². The molecular weight excluding hydrogens is 226 g/mol. The standard InChI is InChI=1S/C15H23NO2/c1-5-11-9-12(6-2)14(13(7-3)10-11)16-15(17)18-8-4/h9-10H,5-8H2,1-4H3,(H,16,17). The Labute approximate surface area is 110 Å². The van der Waals surface area contributed by atoms with Gasteiger partial charge in [0.15, 0.2) is 0 Å². The molecule has 1 amide bonds. The summed E-state index contributed by atoms with van der Waals surface area (Å²) in [6.07, 6.45) is 2.45. The highest BCUT2D eigenvalue weighted by atomic mass is 16.5. The van der Waals surface area contributed by atoms with Gasteiger partial charge in [-0.1, -0.05) is 32.9 Å². The van der Waals surface area contributed by atoms with E-state index in [1.54, 1.807) is 6.92 Å². The van der Waals surface area contributed by atoms with Gasteiger partial charge in [-0.2, -0.15) is 0 Å². The summed E-state index contributed by atoms with van der Waals surface area (Å²) >= 11 is 0. The maximum absolute atomic E-state index is 11.6. The lowest BCUT2D eigenvalue weighted by molar-refractivity contribution is 0.168. The van der Waals surface area contributed by atoms with Crippen molar-refractivity contribution >= 4 is 11.8 Å². The first kappa shape index (κ1) is 14.6. The third-order valence-electron chi connectivity index (χ3n) is 3.03. The van der Waals surface area contributed by atoms with Gasteiger partial charge in [-0.15, -0.1) is 0 Å². The van der Waals surface area contributed by atoms with E-state index in [0.717, 1.165) is 24.9 Å². The number of benzene rings is 1. The molecule has 1 aromatic carbocycles. The zero-order valence-electron chi connectivity index (χ0n) is 11.8. The van der Waals surface area contributed by atoms with Crippen LogP contribution in [0, 0.1) is 0 Å². The second kappa shape index (κ2) is 7.04. The van der Waals surface area contributed by atoms with Crippen molar-refractivity contribution in [2.45, 2.75) is 47.0 Å². The Morgan fingerprint density at radius 3 is 2.00 bits per heavy atom. The Balaban J connectivity index is 3.10. The van der Waals surface area contributed by atoms with Crippen molar-refractivity contribution in [1.29, 1.82) is 0 Å².